The molecule has 0 atom stereocenters. The van der Waals surface area contributed by atoms with Gasteiger partial charge in [-0.25, -0.2) is 0 Å². The van der Waals surface area contributed by atoms with Crippen LogP contribution in [0.25, 0.3) is 22.0 Å². The van der Waals surface area contributed by atoms with Gasteiger partial charge in [0.25, 0.3) is 0 Å². The Hall–Kier alpha value is -2.17. The Labute approximate surface area is 148 Å². The molecule has 3 aromatic rings. The lowest BCUT2D eigenvalue weighted by molar-refractivity contribution is -0.00000589. The minimum absolute atomic E-state index is 0. The number of aliphatic hydroxyl groups excluding tert-OH is 1. The van der Waals surface area contributed by atoms with E-state index >= 15 is 0 Å². The molecule has 5 heteroatoms. The second-order valence-electron chi connectivity index (χ2n) is 5.75. The molecule has 1 aromatic heterocycles. The average Bonchev–Trinajstić information content (AvgIpc) is 2.58. The molecule has 126 valence electrons. The molecule has 0 fully saturated rings. The number of aliphatic hydroxyl groups is 1. The molecule has 3 rings (SSSR count). The topological polar surface area (TPSA) is 58.0 Å². The molecule has 0 amide bonds. The smallest absolute Gasteiger partial charge is 0.156 e. The average molecular weight is 343 g/mol. The number of nitrogens with one attached hydrogen (secondary N) is 1. The van der Waals surface area contributed by atoms with Gasteiger partial charge < -0.3 is 22.8 Å². The number of hydrogen-bond acceptors (Lipinski definition) is 4. The van der Waals surface area contributed by atoms with Gasteiger partial charge in [-0.3, -0.25) is 0 Å². The molecule has 0 aliphatic carbocycles. The lowest BCUT2D eigenvalue weighted by atomic mass is 10.0. The molecule has 0 unspecified atom stereocenters. The Kier molecular flexibility index (Phi) is 6.12. The fraction of sp³-hybridized carbons (Fsp3) is 0.263. The first-order valence-corrected chi connectivity index (χ1v) is 7.88. The molecule has 2 aromatic carbocycles. The Balaban J connectivity index is 0.00000208. The summed E-state index contributed by atoms with van der Waals surface area (Å²) in [5.74, 6) is 0.765. The maximum atomic E-state index is 8.92. The van der Waals surface area contributed by atoms with E-state index in [0.717, 1.165) is 27.8 Å². The van der Waals surface area contributed by atoms with Crippen molar-refractivity contribution in [1.82, 2.24) is 10.2 Å². The SMILES string of the molecule is Cc1ccc(-c2nnc(NCCCO)c3ccccc23)cc1C.[Cl-]. The lowest BCUT2D eigenvalue weighted by Gasteiger charge is -2.11. The predicted molar refractivity (Wildman–Crippen MR) is 94.6 cm³/mol. The van der Waals surface area contributed by atoms with Gasteiger partial charge in [0, 0.05) is 29.5 Å². The van der Waals surface area contributed by atoms with E-state index in [2.05, 4.69) is 59.7 Å². The van der Waals surface area contributed by atoms with Gasteiger partial charge in [-0.15, -0.1) is 10.2 Å². The summed E-state index contributed by atoms with van der Waals surface area (Å²) in [7, 11) is 0. The molecule has 0 bridgehead atoms. The van der Waals surface area contributed by atoms with Crippen LogP contribution < -0.4 is 17.7 Å². The number of aryl methyl sites for hydroxylation is 2. The van der Waals surface area contributed by atoms with E-state index in [9.17, 15) is 0 Å². The fourth-order valence-corrected chi connectivity index (χ4v) is 2.62. The molecule has 0 spiro atoms. The summed E-state index contributed by atoms with van der Waals surface area (Å²) in [5.41, 5.74) is 4.50. The highest BCUT2D eigenvalue weighted by atomic mass is 35.5. The monoisotopic (exact) mass is 342 g/mol. The number of nitrogens with zero attached hydrogens (tertiary/aromatic N) is 2. The molecule has 0 aliphatic heterocycles. The standard InChI is InChI=1S/C19H21N3O.ClH/c1-13-8-9-15(12-14(13)2)18-16-6-3-4-7-17(16)19(22-21-18)20-10-5-11-23;/h3-4,6-9,12,23H,5,10-11H2,1-2H3,(H,20,22);1H/p-1. The molecule has 1 heterocycles. The predicted octanol–water partition coefficient (Wildman–Crippen LogP) is 0.712. The number of rotatable bonds is 5. The second kappa shape index (κ2) is 8.08. The van der Waals surface area contributed by atoms with E-state index in [1.807, 2.05) is 12.1 Å². The maximum absolute atomic E-state index is 8.92. The zero-order valence-electron chi connectivity index (χ0n) is 13.9. The number of benzene rings is 2. The van der Waals surface area contributed by atoms with Gasteiger partial charge in [-0.05, 0) is 37.5 Å². The highest BCUT2D eigenvalue weighted by molar-refractivity contribution is 6.00. The molecule has 4 nitrogen and oxygen atoms in total. The first-order chi connectivity index (χ1) is 11.2. The van der Waals surface area contributed by atoms with Crippen molar-refractivity contribution in [3.63, 3.8) is 0 Å². The number of aromatic nitrogens is 2. The van der Waals surface area contributed by atoms with E-state index in [0.29, 0.717) is 13.0 Å². The third kappa shape index (κ3) is 3.66. The summed E-state index contributed by atoms with van der Waals surface area (Å²) < 4.78 is 0. The molecular weight excluding hydrogens is 322 g/mol. The fourth-order valence-electron chi connectivity index (χ4n) is 2.62. The van der Waals surface area contributed by atoms with Crippen LogP contribution in [-0.2, 0) is 0 Å². The van der Waals surface area contributed by atoms with E-state index in [4.69, 9.17) is 5.11 Å². The van der Waals surface area contributed by atoms with Crippen molar-refractivity contribution < 1.29 is 17.5 Å². The van der Waals surface area contributed by atoms with Crippen LogP contribution in [0, 0.1) is 13.8 Å². The summed E-state index contributed by atoms with van der Waals surface area (Å²) in [4.78, 5) is 0. The van der Waals surface area contributed by atoms with Crippen molar-refractivity contribution in [1.29, 1.82) is 0 Å². The lowest BCUT2D eigenvalue weighted by Crippen LogP contribution is -3.00. The van der Waals surface area contributed by atoms with Gasteiger partial charge in [-0.2, -0.15) is 0 Å². The van der Waals surface area contributed by atoms with Crippen LogP contribution in [0.1, 0.15) is 17.5 Å². The van der Waals surface area contributed by atoms with Crippen molar-refractivity contribution >= 4 is 16.6 Å². The first kappa shape index (κ1) is 18.2. The molecular formula is C19H21ClN3O-. The largest absolute Gasteiger partial charge is 1.00 e. The summed E-state index contributed by atoms with van der Waals surface area (Å²) >= 11 is 0. The molecule has 0 radical (unpaired) electrons. The number of fused-ring (bicyclic) bond motifs is 1. The summed E-state index contributed by atoms with van der Waals surface area (Å²) in [5, 5.41) is 23.1. The highest BCUT2D eigenvalue weighted by Crippen LogP contribution is 2.30. The zero-order valence-corrected chi connectivity index (χ0v) is 14.6. The Bertz CT molecular complexity index is 836. The third-order valence-electron chi connectivity index (χ3n) is 4.09. The van der Waals surface area contributed by atoms with Gasteiger partial charge in [0.2, 0.25) is 0 Å². The van der Waals surface area contributed by atoms with Crippen LogP contribution in [0.2, 0.25) is 0 Å². The van der Waals surface area contributed by atoms with E-state index in [1.165, 1.54) is 11.1 Å². The normalized spacial score (nSPS) is 10.5. The van der Waals surface area contributed by atoms with E-state index in [-0.39, 0.29) is 19.0 Å². The van der Waals surface area contributed by atoms with Crippen LogP contribution in [0.5, 0.6) is 0 Å². The minimum atomic E-state index is 0. The van der Waals surface area contributed by atoms with E-state index in [1.54, 1.807) is 0 Å². The minimum Gasteiger partial charge on any atom is -1.00 e. The highest BCUT2D eigenvalue weighted by Gasteiger charge is 2.11. The molecule has 0 saturated carbocycles. The van der Waals surface area contributed by atoms with Gasteiger partial charge in [0.05, 0.1) is 0 Å². The summed E-state index contributed by atoms with van der Waals surface area (Å²) in [6.45, 7) is 5.06. The Morgan fingerprint density at radius 2 is 1.71 bits per heavy atom. The van der Waals surface area contributed by atoms with Crippen molar-refractivity contribution in [2.24, 2.45) is 0 Å². The Morgan fingerprint density at radius 3 is 2.42 bits per heavy atom. The number of hydrogen-bond donors (Lipinski definition) is 2. The zero-order chi connectivity index (χ0) is 16.2. The van der Waals surface area contributed by atoms with Crippen LogP contribution in [0.3, 0.4) is 0 Å². The number of halogens is 1. The third-order valence-corrected chi connectivity index (χ3v) is 4.09. The molecule has 0 aliphatic rings. The quantitative estimate of drug-likeness (QED) is 0.671. The van der Waals surface area contributed by atoms with Gasteiger partial charge >= 0.3 is 0 Å². The van der Waals surface area contributed by atoms with E-state index < -0.39 is 0 Å². The second-order valence-corrected chi connectivity index (χ2v) is 5.75. The van der Waals surface area contributed by atoms with Crippen LogP contribution in [0.15, 0.2) is 42.5 Å². The first-order valence-electron chi connectivity index (χ1n) is 7.88. The van der Waals surface area contributed by atoms with Crippen LogP contribution >= 0.6 is 0 Å². The molecule has 0 saturated heterocycles. The number of anilines is 1. The molecule has 24 heavy (non-hydrogen) atoms. The van der Waals surface area contributed by atoms with Crippen molar-refractivity contribution in [2.75, 3.05) is 18.5 Å². The van der Waals surface area contributed by atoms with Crippen LogP contribution in [-0.4, -0.2) is 28.5 Å². The van der Waals surface area contributed by atoms with Crippen molar-refractivity contribution in [3.8, 4) is 11.3 Å². The van der Waals surface area contributed by atoms with Gasteiger partial charge in [-0.1, -0.05) is 36.4 Å². The summed E-state index contributed by atoms with van der Waals surface area (Å²) in [6.07, 6.45) is 0.689. The van der Waals surface area contributed by atoms with Gasteiger partial charge in [0.15, 0.2) is 5.82 Å². The van der Waals surface area contributed by atoms with Crippen molar-refractivity contribution in [3.05, 3.63) is 53.6 Å². The van der Waals surface area contributed by atoms with Crippen molar-refractivity contribution in [2.45, 2.75) is 20.3 Å². The maximum Gasteiger partial charge on any atom is 0.156 e. The van der Waals surface area contributed by atoms with Crippen LogP contribution in [0.4, 0.5) is 5.82 Å². The molecule has 2 N–H and O–H groups in total. The summed E-state index contributed by atoms with van der Waals surface area (Å²) in [6, 6.07) is 14.5. The van der Waals surface area contributed by atoms with Gasteiger partial charge in [0.1, 0.15) is 5.69 Å². The Morgan fingerprint density at radius 1 is 0.958 bits per heavy atom.